The summed E-state index contributed by atoms with van der Waals surface area (Å²) >= 11 is 0. The van der Waals surface area contributed by atoms with Crippen LogP contribution in [0.4, 0.5) is 25.8 Å². The van der Waals surface area contributed by atoms with Crippen LogP contribution in [0.15, 0.2) is 42.5 Å². The Morgan fingerprint density at radius 1 is 1.26 bits per heavy atom. The van der Waals surface area contributed by atoms with Crippen LogP contribution in [0, 0.1) is 11.6 Å². The number of nitrogens with zero attached hydrogens (tertiary/aromatic N) is 2. The summed E-state index contributed by atoms with van der Waals surface area (Å²) in [5, 5.41) is 5.14. The molecule has 0 radical (unpaired) electrons. The smallest absolute Gasteiger partial charge is 0.241 e. The molecule has 0 spiro atoms. The number of carbonyl (C=O) groups is 3. The van der Waals surface area contributed by atoms with E-state index >= 15 is 0 Å². The number of hydrogen-bond donors (Lipinski definition) is 2. The quantitative estimate of drug-likeness (QED) is 0.764. The van der Waals surface area contributed by atoms with Crippen molar-refractivity contribution < 1.29 is 23.2 Å². The molecule has 7 nitrogen and oxygen atoms in total. The molecule has 3 rings (SSSR count). The van der Waals surface area contributed by atoms with E-state index in [0.717, 1.165) is 18.2 Å². The Hall–Kier alpha value is -3.33. The van der Waals surface area contributed by atoms with Gasteiger partial charge < -0.3 is 15.5 Å². The van der Waals surface area contributed by atoms with Gasteiger partial charge in [-0.25, -0.2) is 8.78 Å². The number of carbonyl (C=O) groups excluding carboxylic acids is 3. The molecule has 1 heterocycles. The van der Waals surface area contributed by atoms with E-state index in [4.69, 9.17) is 0 Å². The number of fused-ring (bicyclic) bond motifs is 1. The van der Waals surface area contributed by atoms with Gasteiger partial charge in [-0.1, -0.05) is 12.1 Å². The second kappa shape index (κ2) is 9.22. The lowest BCUT2D eigenvalue weighted by Crippen LogP contribution is -2.48. The Balaban J connectivity index is 1.72. The Labute approximate surface area is 179 Å². The molecule has 2 unspecified atom stereocenters. The van der Waals surface area contributed by atoms with Crippen molar-refractivity contribution in [1.29, 1.82) is 0 Å². The van der Waals surface area contributed by atoms with Crippen molar-refractivity contribution in [2.45, 2.75) is 32.4 Å². The number of anilines is 3. The third-order valence-corrected chi connectivity index (χ3v) is 5.24. The maximum absolute atomic E-state index is 13.8. The van der Waals surface area contributed by atoms with E-state index < -0.39 is 23.6 Å². The Bertz CT molecular complexity index is 1010. The highest BCUT2D eigenvalue weighted by Crippen LogP contribution is 2.31. The Kier molecular flexibility index (Phi) is 6.65. The molecule has 31 heavy (non-hydrogen) atoms. The molecule has 0 bridgehead atoms. The molecule has 2 aromatic carbocycles. The fourth-order valence-corrected chi connectivity index (χ4v) is 3.42. The van der Waals surface area contributed by atoms with Crippen LogP contribution in [0.3, 0.4) is 0 Å². The maximum Gasteiger partial charge on any atom is 0.241 e. The highest BCUT2D eigenvalue weighted by atomic mass is 19.1. The normalized spacial score (nSPS) is 16.9. The lowest BCUT2D eigenvalue weighted by atomic mass is 10.1. The molecule has 2 N–H and O–H groups in total. The fourth-order valence-electron chi connectivity index (χ4n) is 3.42. The predicted molar refractivity (Wildman–Crippen MR) is 114 cm³/mol. The molecule has 0 aliphatic carbocycles. The van der Waals surface area contributed by atoms with Crippen molar-refractivity contribution in [3.05, 3.63) is 54.1 Å². The Morgan fingerprint density at radius 3 is 2.71 bits per heavy atom. The molecular formula is C22H24F2N4O3. The molecule has 1 aliphatic heterocycles. The monoisotopic (exact) mass is 430 g/mol. The minimum atomic E-state index is -0.802. The molecule has 9 heteroatoms. The molecule has 3 amide bonds. The molecule has 1 aliphatic rings. The first-order chi connectivity index (χ1) is 14.7. The van der Waals surface area contributed by atoms with Crippen LogP contribution < -0.4 is 15.5 Å². The summed E-state index contributed by atoms with van der Waals surface area (Å²) in [5.41, 5.74) is 0.856. The van der Waals surface area contributed by atoms with Crippen molar-refractivity contribution in [3.63, 3.8) is 0 Å². The number of rotatable bonds is 5. The SMILES string of the molecule is CC(C(=O)Nc1cc(F)ccc1F)N(C)CC(=O)N1c2ccccc2NC(=O)CC1C. The summed E-state index contributed by atoms with van der Waals surface area (Å²) in [7, 11) is 1.59. The van der Waals surface area contributed by atoms with E-state index in [1.165, 1.54) is 4.90 Å². The summed E-state index contributed by atoms with van der Waals surface area (Å²) < 4.78 is 27.2. The summed E-state index contributed by atoms with van der Waals surface area (Å²) in [6.45, 7) is 3.22. The van der Waals surface area contributed by atoms with Gasteiger partial charge in [0.25, 0.3) is 0 Å². The minimum Gasteiger partial charge on any atom is -0.324 e. The molecule has 164 valence electrons. The van der Waals surface area contributed by atoms with Gasteiger partial charge in [-0.3, -0.25) is 19.3 Å². The maximum atomic E-state index is 13.8. The van der Waals surface area contributed by atoms with Crippen LogP contribution >= 0.6 is 0 Å². The van der Waals surface area contributed by atoms with Crippen LogP contribution in [0.1, 0.15) is 20.3 Å². The van der Waals surface area contributed by atoms with E-state index in [9.17, 15) is 23.2 Å². The number of amides is 3. The average molecular weight is 430 g/mol. The fraction of sp³-hybridized carbons (Fsp3) is 0.318. The zero-order valence-corrected chi connectivity index (χ0v) is 17.5. The Morgan fingerprint density at radius 2 is 1.97 bits per heavy atom. The van der Waals surface area contributed by atoms with Gasteiger partial charge in [0, 0.05) is 18.5 Å². The van der Waals surface area contributed by atoms with Gasteiger partial charge in [-0.15, -0.1) is 0 Å². The van der Waals surface area contributed by atoms with Crippen molar-refractivity contribution in [3.8, 4) is 0 Å². The number of para-hydroxylation sites is 2. The predicted octanol–water partition coefficient (Wildman–Crippen LogP) is 2.99. The second-order valence-corrected chi connectivity index (χ2v) is 7.59. The molecular weight excluding hydrogens is 406 g/mol. The summed E-state index contributed by atoms with van der Waals surface area (Å²) in [6, 6.07) is 8.61. The molecule has 0 saturated heterocycles. The summed E-state index contributed by atoms with van der Waals surface area (Å²) in [4.78, 5) is 40.8. The zero-order valence-electron chi connectivity index (χ0n) is 17.5. The summed E-state index contributed by atoms with van der Waals surface area (Å²) in [6.07, 6.45) is 0.138. The van der Waals surface area contributed by atoms with Crippen LogP contribution in [-0.4, -0.2) is 48.3 Å². The van der Waals surface area contributed by atoms with Gasteiger partial charge in [0.1, 0.15) is 11.6 Å². The second-order valence-electron chi connectivity index (χ2n) is 7.59. The number of likely N-dealkylation sites (N-methyl/N-ethyl adjacent to an activating group) is 1. The van der Waals surface area contributed by atoms with Crippen molar-refractivity contribution in [2.75, 3.05) is 29.1 Å². The topological polar surface area (TPSA) is 81.8 Å². The molecule has 0 fully saturated rings. The van der Waals surface area contributed by atoms with Gasteiger partial charge >= 0.3 is 0 Å². The van der Waals surface area contributed by atoms with Gasteiger partial charge in [-0.05, 0) is 45.2 Å². The van der Waals surface area contributed by atoms with Gasteiger partial charge in [0.05, 0.1) is 29.6 Å². The lowest BCUT2D eigenvalue weighted by Gasteiger charge is -2.31. The van der Waals surface area contributed by atoms with E-state index in [1.54, 1.807) is 50.1 Å². The van der Waals surface area contributed by atoms with Gasteiger partial charge in [-0.2, -0.15) is 0 Å². The van der Waals surface area contributed by atoms with E-state index in [-0.39, 0.29) is 36.5 Å². The standard InChI is InChI=1S/C22H24F2N4O3/c1-13-10-20(29)25-17-6-4-5-7-19(17)28(13)21(30)12-27(3)14(2)22(31)26-18-11-15(23)8-9-16(18)24/h4-9,11,13-14H,10,12H2,1-3H3,(H,25,29)(H,26,31). The number of halogens is 2. The number of nitrogens with one attached hydrogen (secondary N) is 2. The number of benzene rings is 2. The number of hydrogen-bond acceptors (Lipinski definition) is 4. The van der Waals surface area contributed by atoms with Gasteiger partial charge in [0.15, 0.2) is 0 Å². The largest absolute Gasteiger partial charge is 0.324 e. The van der Waals surface area contributed by atoms with Crippen molar-refractivity contribution in [2.24, 2.45) is 0 Å². The van der Waals surface area contributed by atoms with Crippen LogP contribution in [0.25, 0.3) is 0 Å². The lowest BCUT2D eigenvalue weighted by molar-refractivity contribution is -0.123. The van der Waals surface area contributed by atoms with E-state index in [0.29, 0.717) is 11.4 Å². The van der Waals surface area contributed by atoms with Crippen LogP contribution in [-0.2, 0) is 14.4 Å². The molecule has 0 saturated carbocycles. The third-order valence-electron chi connectivity index (χ3n) is 5.24. The average Bonchev–Trinajstić information content (AvgIpc) is 2.84. The van der Waals surface area contributed by atoms with Gasteiger partial charge in [0.2, 0.25) is 17.7 Å². The summed E-state index contributed by atoms with van der Waals surface area (Å²) in [5.74, 6) is -2.50. The van der Waals surface area contributed by atoms with Crippen molar-refractivity contribution >= 4 is 34.8 Å². The highest BCUT2D eigenvalue weighted by molar-refractivity contribution is 6.05. The highest BCUT2D eigenvalue weighted by Gasteiger charge is 2.31. The van der Waals surface area contributed by atoms with Crippen LogP contribution in [0.2, 0.25) is 0 Å². The minimum absolute atomic E-state index is 0.118. The molecule has 0 aromatic heterocycles. The van der Waals surface area contributed by atoms with E-state index in [1.807, 2.05) is 0 Å². The third kappa shape index (κ3) is 5.05. The molecule has 2 atom stereocenters. The van der Waals surface area contributed by atoms with Crippen molar-refractivity contribution in [1.82, 2.24) is 4.90 Å². The first kappa shape index (κ1) is 22.4. The van der Waals surface area contributed by atoms with Crippen LogP contribution in [0.5, 0.6) is 0 Å². The molecule has 2 aromatic rings. The zero-order chi connectivity index (χ0) is 22.7. The van der Waals surface area contributed by atoms with E-state index in [2.05, 4.69) is 10.6 Å². The first-order valence-corrected chi connectivity index (χ1v) is 9.84. The first-order valence-electron chi connectivity index (χ1n) is 9.84.